The van der Waals surface area contributed by atoms with Crippen LogP contribution in [0.25, 0.3) is 0 Å². The summed E-state index contributed by atoms with van der Waals surface area (Å²) < 4.78 is 0. The van der Waals surface area contributed by atoms with Crippen LogP contribution in [0.3, 0.4) is 0 Å². The first-order valence-electron chi connectivity index (χ1n) is 18.5. The Bertz CT molecular complexity index is 1490. The van der Waals surface area contributed by atoms with Gasteiger partial charge in [-0.3, -0.25) is 30.0 Å². The van der Waals surface area contributed by atoms with Gasteiger partial charge in [0.15, 0.2) is 11.9 Å². The van der Waals surface area contributed by atoms with Crippen LogP contribution in [0, 0.1) is 16.7 Å². The molecule has 0 unspecified atom stereocenters. The summed E-state index contributed by atoms with van der Waals surface area (Å²) >= 11 is 0. The van der Waals surface area contributed by atoms with Crippen LogP contribution in [0.1, 0.15) is 63.5 Å². The second-order valence-corrected chi connectivity index (χ2v) is 14.0. The molecule has 2 aromatic carbocycles. The molecule has 15 nitrogen and oxygen atoms in total. The minimum Gasteiger partial charge on any atom is -0.370 e. The van der Waals surface area contributed by atoms with Crippen molar-refractivity contribution in [2.24, 2.45) is 23.1 Å². The number of unbranched alkanes of at least 4 members (excludes halogenated alkanes) is 1. The first-order chi connectivity index (χ1) is 25.3. The highest BCUT2D eigenvalue weighted by atomic mass is 16.2. The molecule has 1 fully saturated rings. The quantitative estimate of drug-likeness (QED) is 0.0561. The van der Waals surface area contributed by atoms with Crippen molar-refractivity contribution in [1.82, 2.24) is 31.1 Å². The molecule has 15 heteroatoms. The summed E-state index contributed by atoms with van der Waals surface area (Å²) in [6.45, 7) is 6.06. The third-order valence-corrected chi connectivity index (χ3v) is 9.17. The van der Waals surface area contributed by atoms with Gasteiger partial charge in [0.25, 0.3) is 0 Å². The number of carbonyl (C=O) groups is 4. The largest absolute Gasteiger partial charge is 0.370 e. The van der Waals surface area contributed by atoms with E-state index in [-0.39, 0.29) is 30.2 Å². The highest BCUT2D eigenvalue weighted by molar-refractivity contribution is 5.95. The number of amides is 4. The van der Waals surface area contributed by atoms with Crippen molar-refractivity contribution in [3.05, 3.63) is 71.8 Å². The minimum absolute atomic E-state index is 0.0117. The predicted octanol–water partition coefficient (Wildman–Crippen LogP) is 0.771. The molecule has 4 atom stereocenters. The summed E-state index contributed by atoms with van der Waals surface area (Å²) in [7, 11) is 0. The lowest BCUT2D eigenvalue weighted by molar-refractivity contribution is -0.138. The summed E-state index contributed by atoms with van der Waals surface area (Å²) in [4.78, 5) is 58.7. The fraction of sp³-hybridized carbons (Fsp3) is 0.526. The Morgan fingerprint density at radius 2 is 1.28 bits per heavy atom. The Hall–Kier alpha value is -5.18. The van der Waals surface area contributed by atoms with Gasteiger partial charge in [0, 0.05) is 32.7 Å². The monoisotopic (exact) mass is 733 g/mol. The number of hydrogen-bond acceptors (Lipinski definition) is 7. The number of benzene rings is 2. The van der Waals surface area contributed by atoms with E-state index in [0.717, 1.165) is 11.1 Å². The van der Waals surface area contributed by atoms with Crippen LogP contribution in [0.5, 0.6) is 0 Å². The first kappa shape index (κ1) is 42.2. The van der Waals surface area contributed by atoms with Crippen LogP contribution in [0.4, 0.5) is 0 Å². The van der Waals surface area contributed by atoms with E-state index >= 15 is 0 Å². The molecule has 1 aliphatic heterocycles. The van der Waals surface area contributed by atoms with E-state index in [4.69, 9.17) is 28.0 Å². The summed E-state index contributed by atoms with van der Waals surface area (Å²) in [6.07, 6.45) is 3.48. The van der Waals surface area contributed by atoms with Crippen molar-refractivity contribution in [3.63, 3.8) is 0 Å². The summed E-state index contributed by atoms with van der Waals surface area (Å²) in [6, 6.07) is 15.3. The third-order valence-electron chi connectivity index (χ3n) is 9.17. The molecule has 0 aromatic heterocycles. The molecule has 1 aliphatic rings. The molecule has 4 amide bonds. The van der Waals surface area contributed by atoms with Crippen LogP contribution in [0.15, 0.2) is 60.7 Å². The molecule has 290 valence electrons. The normalized spacial score (nSPS) is 15.3. The smallest absolute Gasteiger partial charge is 0.245 e. The molecule has 0 saturated carbocycles. The van der Waals surface area contributed by atoms with E-state index < -0.39 is 41.9 Å². The van der Waals surface area contributed by atoms with Crippen molar-refractivity contribution in [2.45, 2.75) is 89.4 Å². The molecule has 1 heterocycles. The maximum absolute atomic E-state index is 14.0. The Labute approximate surface area is 313 Å². The Balaban J connectivity index is 1.78. The lowest BCUT2D eigenvalue weighted by Crippen LogP contribution is -2.58. The molecule has 0 spiro atoms. The van der Waals surface area contributed by atoms with Gasteiger partial charge < -0.3 is 48.3 Å². The summed E-state index contributed by atoms with van der Waals surface area (Å²) in [5, 5.41) is 26.6. The maximum atomic E-state index is 14.0. The lowest BCUT2D eigenvalue weighted by atomic mass is 9.99. The Kier molecular flexibility index (Phi) is 17.5. The summed E-state index contributed by atoms with van der Waals surface area (Å²) in [5.41, 5.74) is 19.3. The fourth-order valence-corrected chi connectivity index (χ4v) is 6.26. The number of aryl methyl sites for hydroxylation is 1. The zero-order chi connectivity index (χ0) is 38.8. The average Bonchev–Trinajstić information content (AvgIpc) is 3.39. The summed E-state index contributed by atoms with van der Waals surface area (Å²) in [5.74, 6) is -1.92. The average molecular weight is 734 g/mol. The number of carbonyl (C=O) groups excluding carboxylic acids is 4. The topological polar surface area (TPSA) is 249 Å². The van der Waals surface area contributed by atoms with Gasteiger partial charge in [0.2, 0.25) is 23.6 Å². The molecule has 3 rings (SSSR count). The van der Waals surface area contributed by atoms with Crippen LogP contribution < -0.4 is 38.5 Å². The van der Waals surface area contributed by atoms with Gasteiger partial charge in [-0.25, -0.2) is 0 Å². The molecule has 53 heavy (non-hydrogen) atoms. The minimum atomic E-state index is -0.983. The zero-order valence-corrected chi connectivity index (χ0v) is 31.1. The number of hydrogen-bond donors (Lipinski definition) is 9. The molecule has 1 saturated heterocycles. The van der Waals surface area contributed by atoms with E-state index in [0.29, 0.717) is 77.7 Å². The second kappa shape index (κ2) is 22.0. The predicted molar refractivity (Wildman–Crippen MR) is 207 cm³/mol. The lowest BCUT2D eigenvalue weighted by Gasteiger charge is -2.29. The third kappa shape index (κ3) is 15.1. The SMILES string of the molecule is CC(C)C[C@@H](NC(=O)[C@@H](CCc1ccccc1)NC(=O)[C@H](N)Cc1ccccc1)C(=O)N[C@H](CCCCNC(=N)N)C(=O)N1CCCN(C(=N)N)CC1. The van der Waals surface area contributed by atoms with Crippen LogP contribution >= 0.6 is 0 Å². The molecular weight excluding hydrogens is 674 g/mol. The van der Waals surface area contributed by atoms with Gasteiger partial charge in [0.1, 0.15) is 18.1 Å². The standard InChI is InChI=1S/C38H59N11O4/c1-26(2)24-32(35(52)46-31(16-9-10-19-44-37(40)41)36(53)48-20-11-21-49(23-22-48)38(42)43)47-34(51)30(18-17-27-12-5-3-6-13-27)45-33(50)29(39)25-28-14-7-4-8-15-28/h3-8,12-15,26,29-32H,9-11,16-25,39H2,1-2H3,(H3,42,43)(H,45,50)(H,46,52)(H,47,51)(H4,40,41,44)/t29-,30-,31-,32-/m1/s1. The molecular formula is C38H59N11O4. The van der Waals surface area contributed by atoms with Crippen molar-refractivity contribution in [3.8, 4) is 0 Å². The number of nitrogens with one attached hydrogen (secondary N) is 6. The molecule has 12 N–H and O–H groups in total. The molecule has 0 radical (unpaired) electrons. The van der Waals surface area contributed by atoms with Gasteiger partial charge in [-0.2, -0.15) is 0 Å². The van der Waals surface area contributed by atoms with E-state index in [2.05, 4.69) is 21.3 Å². The Morgan fingerprint density at radius 3 is 1.91 bits per heavy atom. The maximum Gasteiger partial charge on any atom is 0.245 e. The van der Waals surface area contributed by atoms with Gasteiger partial charge in [0.05, 0.1) is 6.04 Å². The Morgan fingerprint density at radius 1 is 0.717 bits per heavy atom. The first-order valence-corrected chi connectivity index (χ1v) is 18.5. The van der Waals surface area contributed by atoms with E-state index in [1.165, 1.54) is 0 Å². The van der Waals surface area contributed by atoms with E-state index in [1.54, 1.807) is 9.80 Å². The highest BCUT2D eigenvalue weighted by Gasteiger charge is 2.33. The zero-order valence-electron chi connectivity index (χ0n) is 31.1. The van der Waals surface area contributed by atoms with Gasteiger partial charge in [-0.15, -0.1) is 0 Å². The van der Waals surface area contributed by atoms with E-state index in [9.17, 15) is 19.2 Å². The number of nitrogens with two attached hydrogens (primary N) is 3. The van der Waals surface area contributed by atoms with Gasteiger partial charge in [-0.1, -0.05) is 74.5 Å². The number of rotatable bonds is 19. The van der Waals surface area contributed by atoms with E-state index in [1.807, 2.05) is 74.5 Å². The highest BCUT2D eigenvalue weighted by Crippen LogP contribution is 2.13. The van der Waals surface area contributed by atoms with Crippen LogP contribution in [-0.4, -0.2) is 102 Å². The number of guanidine groups is 2. The van der Waals surface area contributed by atoms with Crippen LogP contribution in [0.2, 0.25) is 0 Å². The van der Waals surface area contributed by atoms with Crippen LogP contribution in [-0.2, 0) is 32.0 Å². The van der Waals surface area contributed by atoms with Crippen molar-refractivity contribution >= 4 is 35.5 Å². The van der Waals surface area contributed by atoms with Gasteiger partial charge in [-0.05, 0) is 68.4 Å². The fourth-order valence-electron chi connectivity index (χ4n) is 6.26. The second-order valence-electron chi connectivity index (χ2n) is 14.0. The van der Waals surface area contributed by atoms with Crippen molar-refractivity contribution in [2.75, 3.05) is 32.7 Å². The molecule has 2 aromatic rings. The molecule has 0 aliphatic carbocycles. The van der Waals surface area contributed by atoms with Crippen molar-refractivity contribution < 1.29 is 19.2 Å². The number of nitrogens with zero attached hydrogens (tertiary/aromatic N) is 2. The van der Waals surface area contributed by atoms with Gasteiger partial charge >= 0.3 is 0 Å². The molecule has 0 bridgehead atoms. The van der Waals surface area contributed by atoms with Crippen molar-refractivity contribution in [1.29, 1.82) is 10.8 Å².